The average Bonchev–Trinajstić information content (AvgIpc) is 3.61. The Labute approximate surface area is 245 Å². The summed E-state index contributed by atoms with van der Waals surface area (Å²) in [6, 6.07) is 11.1. The molecule has 0 radical (unpaired) electrons. The first-order chi connectivity index (χ1) is 19.9. The fourth-order valence-corrected chi connectivity index (χ4v) is 4.85. The second-order valence-corrected chi connectivity index (χ2v) is 11.3. The van der Waals surface area contributed by atoms with Gasteiger partial charge >= 0.3 is 18.2 Å². The molecule has 224 valence electrons. The number of benzene rings is 2. The van der Waals surface area contributed by atoms with Crippen molar-refractivity contribution in [3.05, 3.63) is 60.4 Å². The van der Waals surface area contributed by atoms with Crippen LogP contribution in [0.3, 0.4) is 0 Å². The van der Waals surface area contributed by atoms with E-state index in [1.54, 1.807) is 65.3 Å². The number of carbonyl (C=O) groups excluding carboxylic acids is 2. The maximum Gasteiger partial charge on any atom is 0.529 e. The Bertz CT molecular complexity index is 1370. The molecule has 1 atom stereocenters. The monoisotopic (exact) mass is 580 g/mol. The number of rotatable bonds is 9. The molecule has 1 aliphatic carbocycles. The van der Waals surface area contributed by atoms with Gasteiger partial charge in [-0.2, -0.15) is 4.79 Å². The minimum absolute atomic E-state index is 0.0909. The Kier molecular flexibility index (Phi) is 9.20. The Hall–Kier alpha value is -4.38. The molecule has 1 N–H and O–H groups in total. The van der Waals surface area contributed by atoms with Crippen LogP contribution in [0.15, 0.2) is 59.9 Å². The van der Waals surface area contributed by atoms with Gasteiger partial charge in [0, 0.05) is 25.7 Å². The van der Waals surface area contributed by atoms with Gasteiger partial charge in [-0.25, -0.2) is 14.6 Å². The molecule has 2 aliphatic rings. The SMILES string of the molecule is COc1ccc(C(=O)Oc2ccc([N+]3(C(=O)O)C=CN=C3CCN(C)C(=O)OC(C)(C)C)cc2)cc1OC1CCCC1. The van der Waals surface area contributed by atoms with Gasteiger partial charge < -0.3 is 29.0 Å². The van der Waals surface area contributed by atoms with Crippen LogP contribution in [0.25, 0.3) is 0 Å². The highest BCUT2D eigenvalue weighted by molar-refractivity contribution is 6.11. The highest BCUT2D eigenvalue weighted by Crippen LogP contribution is 2.34. The number of carboxylic acid groups (broad SMARTS) is 1. The van der Waals surface area contributed by atoms with E-state index in [2.05, 4.69) is 4.99 Å². The molecule has 42 heavy (non-hydrogen) atoms. The molecule has 0 spiro atoms. The molecule has 4 rings (SSSR count). The number of aliphatic imine (C=N–C) groups is 1. The Morgan fingerprint density at radius 2 is 1.74 bits per heavy atom. The summed E-state index contributed by atoms with van der Waals surface area (Å²) in [4.78, 5) is 43.6. The van der Waals surface area contributed by atoms with Crippen molar-refractivity contribution in [3.63, 3.8) is 0 Å². The van der Waals surface area contributed by atoms with Crippen molar-refractivity contribution in [2.75, 3.05) is 20.7 Å². The Morgan fingerprint density at radius 3 is 2.36 bits per heavy atom. The molecule has 1 unspecified atom stereocenters. The zero-order valence-electron chi connectivity index (χ0n) is 24.7. The summed E-state index contributed by atoms with van der Waals surface area (Å²) in [5.74, 6) is 1.01. The van der Waals surface area contributed by atoms with Gasteiger partial charge in [0.2, 0.25) is 5.84 Å². The third-order valence-electron chi connectivity index (χ3n) is 7.05. The van der Waals surface area contributed by atoms with E-state index in [9.17, 15) is 19.5 Å². The molecule has 1 saturated carbocycles. The van der Waals surface area contributed by atoms with Crippen LogP contribution < -0.4 is 18.7 Å². The van der Waals surface area contributed by atoms with Crippen LogP contribution >= 0.6 is 0 Å². The van der Waals surface area contributed by atoms with Gasteiger partial charge in [-0.05, 0) is 76.8 Å². The summed E-state index contributed by atoms with van der Waals surface area (Å²) in [6.07, 6.45) is 5.63. The van der Waals surface area contributed by atoms with Crippen molar-refractivity contribution >= 4 is 29.7 Å². The second kappa shape index (κ2) is 12.6. The van der Waals surface area contributed by atoms with Gasteiger partial charge in [0.1, 0.15) is 17.6 Å². The number of carbonyl (C=O) groups is 3. The van der Waals surface area contributed by atoms with Gasteiger partial charge in [0.25, 0.3) is 0 Å². The van der Waals surface area contributed by atoms with Crippen molar-refractivity contribution < 1.29 is 38.4 Å². The largest absolute Gasteiger partial charge is 0.529 e. The standard InChI is InChI=1S/C31H37N3O8/c1-31(2,3)42-29(36)33(4)18-16-27-32-17-19-34(27,30(37)38)22-11-13-24(14-12-22)41-28(35)21-10-15-25(39-5)26(20-21)40-23-8-6-7-9-23/h10-15,17,19-20,23H,6-9,16,18H2,1-5H3/p+1. The molecule has 11 heteroatoms. The number of esters is 1. The maximum atomic E-state index is 13.0. The number of hydrogen-bond acceptors (Lipinski definition) is 8. The summed E-state index contributed by atoms with van der Waals surface area (Å²) in [5, 5.41) is 10.3. The molecule has 11 nitrogen and oxygen atoms in total. The lowest BCUT2D eigenvalue weighted by atomic mass is 10.2. The normalized spacial score (nSPS) is 18.4. The van der Waals surface area contributed by atoms with Gasteiger partial charge in [-0.3, -0.25) is 0 Å². The highest BCUT2D eigenvalue weighted by Gasteiger charge is 2.46. The van der Waals surface area contributed by atoms with Crippen molar-refractivity contribution in [3.8, 4) is 17.2 Å². The summed E-state index contributed by atoms with van der Waals surface area (Å²) in [7, 11) is 3.13. The Morgan fingerprint density at radius 1 is 1.05 bits per heavy atom. The van der Waals surface area contributed by atoms with E-state index in [-0.39, 0.29) is 24.8 Å². The lowest BCUT2D eigenvalue weighted by molar-refractivity contribution is 0.0302. The molecule has 2 amide bonds. The molecule has 2 aromatic rings. The first-order valence-corrected chi connectivity index (χ1v) is 13.9. The van der Waals surface area contributed by atoms with E-state index < -0.39 is 28.2 Å². The second-order valence-electron chi connectivity index (χ2n) is 11.3. The molecule has 2 aromatic carbocycles. The van der Waals surface area contributed by atoms with Gasteiger partial charge in [-0.15, -0.1) is 4.48 Å². The van der Waals surface area contributed by atoms with E-state index in [0.29, 0.717) is 28.6 Å². The van der Waals surface area contributed by atoms with Crippen LogP contribution in [0.5, 0.6) is 17.2 Å². The number of methoxy groups -OCH3 is 1. The van der Waals surface area contributed by atoms with E-state index in [0.717, 1.165) is 25.7 Å². The van der Waals surface area contributed by atoms with Crippen molar-refractivity contribution in [2.24, 2.45) is 4.99 Å². The van der Waals surface area contributed by atoms with E-state index >= 15 is 0 Å². The number of ether oxygens (including phenoxy) is 4. The molecule has 1 aliphatic heterocycles. The molecule has 1 heterocycles. The van der Waals surface area contributed by atoms with E-state index in [1.165, 1.54) is 29.4 Å². The molecular formula is C31H38N3O8+. The quantitative estimate of drug-likeness (QED) is 0.206. The van der Waals surface area contributed by atoms with Gasteiger partial charge in [0.15, 0.2) is 17.2 Å². The summed E-state index contributed by atoms with van der Waals surface area (Å²) < 4.78 is 21.8. The predicted molar refractivity (Wildman–Crippen MR) is 157 cm³/mol. The summed E-state index contributed by atoms with van der Waals surface area (Å²) in [6.45, 7) is 5.53. The van der Waals surface area contributed by atoms with Crippen molar-refractivity contribution in [2.45, 2.75) is 64.6 Å². The fraction of sp³-hybridized carbons (Fsp3) is 0.419. The zero-order chi connectivity index (χ0) is 30.5. The summed E-state index contributed by atoms with van der Waals surface area (Å²) >= 11 is 0. The third-order valence-corrected chi connectivity index (χ3v) is 7.05. The number of quaternary nitrogens is 1. The Balaban J connectivity index is 1.46. The molecular weight excluding hydrogens is 542 g/mol. The molecule has 0 saturated heterocycles. The molecule has 0 aromatic heterocycles. The van der Waals surface area contributed by atoms with Crippen LogP contribution in [-0.2, 0) is 4.74 Å². The van der Waals surface area contributed by atoms with Crippen molar-refractivity contribution in [1.29, 1.82) is 0 Å². The maximum absolute atomic E-state index is 13.0. The average molecular weight is 581 g/mol. The third kappa shape index (κ3) is 6.91. The summed E-state index contributed by atoms with van der Waals surface area (Å²) in [5.41, 5.74) is 0.0299. The van der Waals surface area contributed by atoms with Crippen LogP contribution in [0.1, 0.15) is 63.2 Å². The molecule has 1 fully saturated rings. The van der Waals surface area contributed by atoms with E-state index in [4.69, 9.17) is 18.9 Å². The van der Waals surface area contributed by atoms with Gasteiger partial charge in [0.05, 0.1) is 31.4 Å². The number of amides is 2. The minimum Gasteiger partial charge on any atom is -0.493 e. The first-order valence-electron chi connectivity index (χ1n) is 13.9. The van der Waals surface area contributed by atoms with Crippen LogP contribution in [0.2, 0.25) is 0 Å². The highest BCUT2D eigenvalue weighted by atomic mass is 16.6. The van der Waals surface area contributed by atoms with Crippen LogP contribution in [-0.4, -0.2) is 66.4 Å². The lowest BCUT2D eigenvalue weighted by Gasteiger charge is -2.28. The van der Waals surface area contributed by atoms with Crippen molar-refractivity contribution in [1.82, 2.24) is 9.38 Å². The number of hydrogen-bond donors (Lipinski definition) is 1. The van der Waals surface area contributed by atoms with Gasteiger partial charge in [-0.1, -0.05) is 0 Å². The number of amidine groups is 1. The lowest BCUT2D eigenvalue weighted by Crippen LogP contribution is -2.52. The molecule has 0 bridgehead atoms. The zero-order valence-corrected chi connectivity index (χ0v) is 24.7. The van der Waals surface area contributed by atoms with E-state index in [1.807, 2.05) is 0 Å². The smallest absolute Gasteiger partial charge is 0.493 e. The predicted octanol–water partition coefficient (Wildman–Crippen LogP) is 6.36. The number of nitrogens with zero attached hydrogens (tertiary/aromatic N) is 3. The van der Waals surface area contributed by atoms with Crippen LogP contribution in [0.4, 0.5) is 15.3 Å². The van der Waals surface area contributed by atoms with Crippen LogP contribution in [0, 0.1) is 0 Å². The topological polar surface area (TPSA) is 124 Å². The first kappa shape index (κ1) is 30.6. The minimum atomic E-state index is -1.17. The fourth-order valence-electron chi connectivity index (χ4n) is 4.85.